The van der Waals surface area contributed by atoms with E-state index in [9.17, 15) is 0 Å². The summed E-state index contributed by atoms with van der Waals surface area (Å²) in [5.41, 5.74) is 0. The van der Waals surface area contributed by atoms with Crippen LogP contribution in [0.15, 0.2) is 0 Å². The molecule has 13 nitrogen and oxygen atoms in total. The fourth-order valence-electron chi connectivity index (χ4n) is 5.65. The molecular weight excluding hydrogens is 727 g/mol. The van der Waals surface area contributed by atoms with Crippen molar-refractivity contribution >= 4 is 0 Å². The minimum absolute atomic E-state index is 0.413. The summed E-state index contributed by atoms with van der Waals surface area (Å²) >= 11 is 0. The maximum Gasteiger partial charge on any atom is 0.146 e. The number of nitrogens with one attached hydrogen (secondary N) is 3. The van der Waals surface area contributed by atoms with Gasteiger partial charge in [0.25, 0.3) is 0 Å². The molecule has 0 saturated carbocycles. The van der Waals surface area contributed by atoms with Gasteiger partial charge in [-0.15, -0.1) is 0 Å². The molecule has 0 aromatic rings. The number of piperazine rings is 1. The molecule has 2 unspecified atom stereocenters. The molecule has 0 aromatic carbocycles. The third kappa shape index (κ3) is 49.7. The minimum Gasteiger partial charge on any atom is -0.359 e. The first-order valence-corrected chi connectivity index (χ1v) is 22.3. The highest BCUT2D eigenvalue weighted by atomic mass is 16.7. The molecule has 0 radical (unpaired) electrons. The average molecular weight is 828 g/mol. The van der Waals surface area contributed by atoms with E-state index in [2.05, 4.69) is 100 Å². The molecule has 2 atom stereocenters. The van der Waals surface area contributed by atoms with Crippen LogP contribution in [-0.4, -0.2) is 169 Å². The molecule has 0 aliphatic carbocycles. The predicted octanol–water partition coefficient (Wildman–Crippen LogP) is 6.94. The van der Waals surface area contributed by atoms with Crippen molar-refractivity contribution < 1.29 is 37.9 Å². The van der Waals surface area contributed by atoms with Gasteiger partial charge in [-0.3, -0.25) is 4.90 Å². The largest absolute Gasteiger partial charge is 0.359 e. The first-order valence-electron chi connectivity index (χ1n) is 22.3. The molecule has 4 aliphatic heterocycles. The van der Waals surface area contributed by atoms with Crippen LogP contribution >= 0.6 is 0 Å². The van der Waals surface area contributed by atoms with E-state index in [1.165, 1.54) is 77.9 Å². The van der Waals surface area contributed by atoms with Crippen molar-refractivity contribution in [2.45, 2.75) is 133 Å². The first kappa shape index (κ1) is 63.1. The lowest BCUT2D eigenvalue weighted by molar-refractivity contribution is -0.0251. The van der Waals surface area contributed by atoms with Gasteiger partial charge >= 0.3 is 0 Å². The third-order valence-corrected chi connectivity index (χ3v) is 9.32. The zero-order valence-electron chi connectivity index (χ0n) is 40.7. The molecule has 57 heavy (non-hydrogen) atoms. The van der Waals surface area contributed by atoms with Crippen LogP contribution in [-0.2, 0) is 37.9 Å². The monoisotopic (exact) mass is 828 g/mol. The van der Waals surface area contributed by atoms with Crippen molar-refractivity contribution in [1.82, 2.24) is 25.8 Å². The molecule has 0 bridgehead atoms. The Morgan fingerprint density at radius 1 is 0.474 bits per heavy atom. The van der Waals surface area contributed by atoms with E-state index >= 15 is 0 Å². The molecule has 4 aliphatic rings. The standard InChI is InChI=1S/C7H16N2.3C7H15N.4C4H10O2/c1-7(2)9-5-3-8-4-6-9;1-6(2)7-3-4-8-5-7;1-7(2)8-5-3-4-6-8;1-6(2)7-4-3-5-8-7;4*1-3-6-4-5-2/h7-8H,3-6H2,1-2H3;6-8H,3-5H2,1-2H3;7H,3-6H2,1-2H3;6-8H,3-5H2,1-2H3;4*3-4H2,1-2H3. The van der Waals surface area contributed by atoms with Crippen molar-refractivity contribution in [3.05, 3.63) is 0 Å². The molecule has 3 N–H and O–H groups in total. The third-order valence-electron chi connectivity index (χ3n) is 9.32. The summed E-state index contributed by atoms with van der Waals surface area (Å²) in [4.78, 5) is 5.02. The Labute approximate surface area is 355 Å². The van der Waals surface area contributed by atoms with Crippen LogP contribution in [0, 0.1) is 17.8 Å². The van der Waals surface area contributed by atoms with Crippen LogP contribution in [0.2, 0.25) is 0 Å². The predicted molar refractivity (Wildman–Crippen MR) is 241 cm³/mol. The van der Waals surface area contributed by atoms with Crippen molar-refractivity contribution in [3.8, 4) is 0 Å². The van der Waals surface area contributed by atoms with Crippen LogP contribution in [0.4, 0.5) is 0 Å². The quantitative estimate of drug-likeness (QED) is 0.110. The fourth-order valence-corrected chi connectivity index (χ4v) is 5.65. The molecular formula is C44H101N5O8. The van der Waals surface area contributed by atoms with Crippen LogP contribution < -0.4 is 16.0 Å². The summed E-state index contributed by atoms with van der Waals surface area (Å²) in [5, 5.41) is 10.1. The Kier molecular flexibility index (Phi) is 57.2. The van der Waals surface area contributed by atoms with Crippen LogP contribution in [0.1, 0.15) is 115 Å². The Hall–Kier alpha value is -0.520. The summed E-state index contributed by atoms with van der Waals surface area (Å²) in [6.45, 7) is 41.7. The van der Waals surface area contributed by atoms with E-state index in [0.717, 1.165) is 75.4 Å². The van der Waals surface area contributed by atoms with E-state index in [1.807, 2.05) is 27.7 Å². The number of nitrogens with zero attached hydrogens (tertiary/aromatic N) is 2. The van der Waals surface area contributed by atoms with Gasteiger partial charge in [0.15, 0.2) is 0 Å². The molecule has 0 aromatic heterocycles. The van der Waals surface area contributed by atoms with Crippen molar-refractivity contribution in [1.29, 1.82) is 0 Å². The number of methoxy groups -OCH3 is 4. The highest BCUT2D eigenvalue weighted by Crippen LogP contribution is 2.17. The molecule has 0 spiro atoms. The molecule has 4 rings (SSSR count). The first-order chi connectivity index (χ1) is 27.4. The second-order valence-corrected chi connectivity index (χ2v) is 15.3. The molecule has 0 amide bonds. The molecule has 13 heteroatoms. The second kappa shape index (κ2) is 51.6. The van der Waals surface area contributed by atoms with Crippen molar-refractivity contribution in [2.24, 2.45) is 17.8 Å². The summed E-state index contributed by atoms with van der Waals surface area (Å²) in [7, 11) is 6.43. The van der Waals surface area contributed by atoms with Crippen LogP contribution in [0.25, 0.3) is 0 Å². The maximum absolute atomic E-state index is 4.76. The van der Waals surface area contributed by atoms with E-state index in [4.69, 9.17) is 18.9 Å². The lowest BCUT2D eigenvalue weighted by atomic mass is 9.96. The van der Waals surface area contributed by atoms with Gasteiger partial charge in [-0.1, -0.05) is 27.7 Å². The van der Waals surface area contributed by atoms with Gasteiger partial charge in [0, 0.05) is 99.2 Å². The van der Waals surface area contributed by atoms with Crippen LogP contribution in [0.3, 0.4) is 0 Å². The van der Waals surface area contributed by atoms with E-state index in [-0.39, 0.29) is 0 Å². The Bertz CT molecular complexity index is 594. The zero-order valence-corrected chi connectivity index (χ0v) is 40.7. The van der Waals surface area contributed by atoms with E-state index in [1.54, 1.807) is 28.4 Å². The number of likely N-dealkylation sites (tertiary alicyclic amines) is 1. The number of ether oxygens (including phenoxy) is 8. The lowest BCUT2D eigenvalue weighted by Crippen LogP contribution is -2.46. The Morgan fingerprint density at radius 3 is 1.05 bits per heavy atom. The van der Waals surface area contributed by atoms with Crippen molar-refractivity contribution in [3.63, 3.8) is 0 Å². The molecule has 4 heterocycles. The zero-order chi connectivity index (χ0) is 44.0. The van der Waals surface area contributed by atoms with Crippen molar-refractivity contribution in [2.75, 3.05) is 141 Å². The fraction of sp³-hybridized carbons (Fsp3) is 1.00. The Balaban J connectivity index is -0.000000283. The van der Waals surface area contributed by atoms with E-state index < -0.39 is 0 Å². The number of rotatable bonds is 16. The summed E-state index contributed by atoms with van der Waals surface area (Å²) in [6, 6.07) is 2.32. The highest BCUT2D eigenvalue weighted by Gasteiger charge is 2.17. The summed E-state index contributed by atoms with van der Waals surface area (Å²) in [5.74, 6) is 2.66. The molecule has 4 saturated heterocycles. The van der Waals surface area contributed by atoms with Gasteiger partial charge in [-0.25, -0.2) is 0 Å². The van der Waals surface area contributed by atoms with Gasteiger partial charge in [0.1, 0.15) is 27.2 Å². The van der Waals surface area contributed by atoms with Gasteiger partial charge in [-0.2, -0.15) is 0 Å². The molecule has 4 fully saturated rings. The lowest BCUT2D eigenvalue weighted by Gasteiger charge is -2.30. The van der Waals surface area contributed by atoms with Gasteiger partial charge < -0.3 is 58.7 Å². The smallest absolute Gasteiger partial charge is 0.146 e. The van der Waals surface area contributed by atoms with E-state index in [0.29, 0.717) is 27.2 Å². The molecule has 350 valence electrons. The second-order valence-electron chi connectivity index (χ2n) is 15.3. The van der Waals surface area contributed by atoms with Gasteiger partial charge in [-0.05, 0) is 138 Å². The summed E-state index contributed by atoms with van der Waals surface area (Å²) < 4.78 is 37.3. The van der Waals surface area contributed by atoms with Crippen LogP contribution in [0.5, 0.6) is 0 Å². The number of hydrogen-bond acceptors (Lipinski definition) is 13. The maximum atomic E-state index is 4.76. The minimum atomic E-state index is 0.413. The average Bonchev–Trinajstić information content (AvgIpc) is 4.05. The van der Waals surface area contributed by atoms with Gasteiger partial charge in [0.2, 0.25) is 0 Å². The van der Waals surface area contributed by atoms with Gasteiger partial charge in [0.05, 0.1) is 0 Å². The Morgan fingerprint density at radius 2 is 0.877 bits per heavy atom. The normalized spacial score (nSPS) is 18.9. The topological polar surface area (TPSA) is 116 Å². The number of hydrogen-bond donors (Lipinski definition) is 3. The summed E-state index contributed by atoms with van der Waals surface area (Å²) in [6.07, 6.45) is 6.98. The SMILES string of the molecule is CC(C)C1CCCN1.CC(C)C1CCNC1.CC(C)N1CCCC1.CC(C)N1CCNCC1.CCOCOC.CCOCOC.CCOCOC.CCOCOC. The highest BCUT2D eigenvalue weighted by molar-refractivity contribution is 4.76.